The molecule has 0 saturated carbocycles. The molecule has 0 atom stereocenters. The summed E-state index contributed by atoms with van der Waals surface area (Å²) in [4.78, 5) is 17.0. The van der Waals surface area contributed by atoms with Gasteiger partial charge in [0.05, 0.1) is 12.0 Å². The Kier molecular flexibility index (Phi) is 1.94. The molecular weight excluding hydrogens is 144 g/mol. The van der Waals surface area contributed by atoms with Gasteiger partial charge in [-0.2, -0.15) is 0 Å². The van der Waals surface area contributed by atoms with Crippen molar-refractivity contribution >= 4 is 5.97 Å². The number of carboxylic acid groups (broad SMARTS) is 1. The van der Waals surface area contributed by atoms with Crippen molar-refractivity contribution in [3.05, 3.63) is 17.7 Å². The second-order valence-corrected chi connectivity index (χ2v) is 2.62. The highest BCUT2D eigenvalue weighted by Gasteiger charge is 2.14. The van der Waals surface area contributed by atoms with Crippen LogP contribution in [0.4, 0.5) is 0 Å². The normalized spacial score (nSPS) is 10.5. The van der Waals surface area contributed by atoms with Crippen LogP contribution in [-0.2, 0) is 0 Å². The van der Waals surface area contributed by atoms with Crippen LogP contribution in [0.2, 0.25) is 0 Å². The number of nitrogens with one attached hydrogen (secondary N) is 1. The van der Waals surface area contributed by atoms with E-state index in [1.54, 1.807) is 0 Å². The number of aromatic nitrogens is 2. The zero-order valence-corrected chi connectivity index (χ0v) is 6.46. The van der Waals surface area contributed by atoms with Gasteiger partial charge in [-0.1, -0.05) is 13.8 Å². The zero-order chi connectivity index (χ0) is 8.43. The van der Waals surface area contributed by atoms with Crippen molar-refractivity contribution < 1.29 is 9.90 Å². The van der Waals surface area contributed by atoms with E-state index in [-0.39, 0.29) is 11.6 Å². The molecule has 1 aromatic heterocycles. The number of hydrogen-bond donors (Lipinski definition) is 2. The smallest absolute Gasteiger partial charge is 0.356 e. The summed E-state index contributed by atoms with van der Waals surface area (Å²) in [7, 11) is 0. The lowest BCUT2D eigenvalue weighted by Crippen LogP contribution is -2.02. The van der Waals surface area contributed by atoms with E-state index in [0.29, 0.717) is 5.69 Å². The maximum absolute atomic E-state index is 10.5. The van der Waals surface area contributed by atoms with Gasteiger partial charge in [-0.15, -0.1) is 0 Å². The van der Waals surface area contributed by atoms with E-state index in [1.165, 1.54) is 6.33 Å². The fourth-order valence-corrected chi connectivity index (χ4v) is 0.915. The van der Waals surface area contributed by atoms with Crippen LogP contribution in [0.25, 0.3) is 0 Å². The maximum Gasteiger partial charge on any atom is 0.356 e. The Labute approximate surface area is 64.3 Å². The molecule has 2 N–H and O–H groups in total. The molecule has 0 unspecified atom stereocenters. The molecule has 0 radical (unpaired) electrons. The van der Waals surface area contributed by atoms with Crippen LogP contribution in [0, 0.1) is 0 Å². The molecule has 0 bridgehead atoms. The Bertz CT molecular complexity index is 265. The summed E-state index contributed by atoms with van der Waals surface area (Å²) in [5, 5.41) is 8.62. The van der Waals surface area contributed by atoms with E-state index in [2.05, 4.69) is 9.97 Å². The molecule has 60 valence electrons. The number of aromatic amines is 1. The Morgan fingerprint density at radius 3 is 2.73 bits per heavy atom. The van der Waals surface area contributed by atoms with Crippen LogP contribution in [0.5, 0.6) is 0 Å². The fraction of sp³-hybridized carbons (Fsp3) is 0.429. The number of H-pyrrole nitrogens is 1. The highest BCUT2D eigenvalue weighted by atomic mass is 16.4. The van der Waals surface area contributed by atoms with Gasteiger partial charge >= 0.3 is 5.97 Å². The molecule has 11 heavy (non-hydrogen) atoms. The zero-order valence-electron chi connectivity index (χ0n) is 6.46. The molecule has 1 aromatic rings. The summed E-state index contributed by atoms with van der Waals surface area (Å²) in [5.74, 6) is -0.807. The van der Waals surface area contributed by atoms with Gasteiger partial charge in [0.2, 0.25) is 0 Å². The summed E-state index contributed by atoms with van der Waals surface area (Å²) in [5.41, 5.74) is 0.803. The number of carboxylic acids is 1. The van der Waals surface area contributed by atoms with Crippen molar-refractivity contribution in [1.29, 1.82) is 0 Å². The van der Waals surface area contributed by atoms with E-state index in [9.17, 15) is 4.79 Å². The number of aromatic carboxylic acids is 1. The van der Waals surface area contributed by atoms with Crippen molar-refractivity contribution in [1.82, 2.24) is 9.97 Å². The Hall–Kier alpha value is -1.32. The largest absolute Gasteiger partial charge is 0.476 e. The topological polar surface area (TPSA) is 66.0 Å². The van der Waals surface area contributed by atoms with Gasteiger partial charge in [0.15, 0.2) is 5.69 Å². The molecule has 0 fully saturated rings. The summed E-state index contributed by atoms with van der Waals surface area (Å²) in [6.07, 6.45) is 1.40. The molecule has 0 aliphatic rings. The summed E-state index contributed by atoms with van der Waals surface area (Å²) >= 11 is 0. The minimum atomic E-state index is -0.977. The van der Waals surface area contributed by atoms with Crippen LogP contribution in [0.3, 0.4) is 0 Å². The molecular formula is C7H10N2O2. The third-order valence-corrected chi connectivity index (χ3v) is 1.45. The van der Waals surface area contributed by atoms with Crippen molar-refractivity contribution in [2.45, 2.75) is 19.8 Å². The van der Waals surface area contributed by atoms with Gasteiger partial charge in [0.1, 0.15) is 0 Å². The third-order valence-electron chi connectivity index (χ3n) is 1.45. The van der Waals surface area contributed by atoms with Gasteiger partial charge in [-0.25, -0.2) is 9.78 Å². The van der Waals surface area contributed by atoms with Gasteiger partial charge in [-0.05, 0) is 5.92 Å². The van der Waals surface area contributed by atoms with Gasteiger partial charge in [0.25, 0.3) is 0 Å². The maximum atomic E-state index is 10.5. The monoisotopic (exact) mass is 154 g/mol. The first-order valence-electron chi connectivity index (χ1n) is 3.39. The molecule has 0 spiro atoms. The molecule has 1 rings (SSSR count). The molecule has 0 aromatic carbocycles. The molecule has 0 saturated heterocycles. The molecule has 0 amide bonds. The summed E-state index contributed by atoms with van der Waals surface area (Å²) < 4.78 is 0. The number of imidazole rings is 1. The summed E-state index contributed by atoms with van der Waals surface area (Å²) in [6.45, 7) is 3.83. The second kappa shape index (κ2) is 2.74. The minimum Gasteiger partial charge on any atom is -0.476 e. The number of nitrogens with zero attached hydrogens (tertiary/aromatic N) is 1. The lowest BCUT2D eigenvalue weighted by molar-refractivity contribution is 0.0689. The average Bonchev–Trinajstić information content (AvgIpc) is 2.32. The highest BCUT2D eigenvalue weighted by molar-refractivity contribution is 5.86. The molecule has 4 heteroatoms. The lowest BCUT2D eigenvalue weighted by atomic mass is 10.1. The predicted molar refractivity (Wildman–Crippen MR) is 39.6 cm³/mol. The van der Waals surface area contributed by atoms with Gasteiger partial charge < -0.3 is 10.1 Å². The lowest BCUT2D eigenvalue weighted by Gasteiger charge is -2.00. The van der Waals surface area contributed by atoms with E-state index in [4.69, 9.17) is 5.11 Å². The van der Waals surface area contributed by atoms with E-state index < -0.39 is 5.97 Å². The van der Waals surface area contributed by atoms with Crippen LogP contribution in [0.1, 0.15) is 35.9 Å². The van der Waals surface area contributed by atoms with Crippen molar-refractivity contribution in [2.75, 3.05) is 0 Å². The van der Waals surface area contributed by atoms with E-state index in [1.807, 2.05) is 13.8 Å². The quantitative estimate of drug-likeness (QED) is 0.673. The van der Waals surface area contributed by atoms with E-state index >= 15 is 0 Å². The third kappa shape index (κ3) is 1.39. The first-order chi connectivity index (χ1) is 5.13. The number of carbonyl (C=O) groups is 1. The van der Waals surface area contributed by atoms with Crippen molar-refractivity contribution in [2.24, 2.45) is 0 Å². The average molecular weight is 154 g/mol. The standard InChI is InChI=1S/C7H10N2O2/c1-4(2)5-6(7(10)11)9-3-8-5/h3-4H,1-2H3,(H,8,9)(H,10,11). The Morgan fingerprint density at radius 1 is 1.73 bits per heavy atom. The minimum absolute atomic E-state index is 0.125. The second-order valence-electron chi connectivity index (χ2n) is 2.62. The molecule has 0 aliphatic heterocycles. The Balaban J connectivity index is 3.06. The SMILES string of the molecule is CC(C)c1[nH]cnc1C(=O)O. The van der Waals surface area contributed by atoms with E-state index in [0.717, 1.165) is 0 Å². The summed E-state index contributed by atoms with van der Waals surface area (Å²) in [6, 6.07) is 0. The molecule has 0 aliphatic carbocycles. The van der Waals surface area contributed by atoms with Crippen LogP contribution in [-0.4, -0.2) is 21.0 Å². The fourth-order valence-electron chi connectivity index (χ4n) is 0.915. The molecule has 4 nitrogen and oxygen atoms in total. The van der Waals surface area contributed by atoms with Gasteiger partial charge in [-0.3, -0.25) is 0 Å². The highest BCUT2D eigenvalue weighted by Crippen LogP contribution is 2.14. The molecule has 1 heterocycles. The number of hydrogen-bond acceptors (Lipinski definition) is 2. The van der Waals surface area contributed by atoms with Crippen LogP contribution < -0.4 is 0 Å². The first kappa shape index (κ1) is 7.78. The van der Waals surface area contributed by atoms with Crippen molar-refractivity contribution in [3.8, 4) is 0 Å². The van der Waals surface area contributed by atoms with Crippen molar-refractivity contribution in [3.63, 3.8) is 0 Å². The van der Waals surface area contributed by atoms with Gasteiger partial charge in [0, 0.05) is 0 Å². The first-order valence-corrected chi connectivity index (χ1v) is 3.39. The predicted octanol–water partition coefficient (Wildman–Crippen LogP) is 1.23. The van der Waals surface area contributed by atoms with Crippen LogP contribution >= 0.6 is 0 Å². The Morgan fingerprint density at radius 2 is 2.36 bits per heavy atom. The van der Waals surface area contributed by atoms with Crippen LogP contribution in [0.15, 0.2) is 6.33 Å². The number of rotatable bonds is 2.